The maximum Gasteiger partial charge on any atom is 0.410 e. The molecule has 1 atom stereocenters. The predicted molar refractivity (Wildman–Crippen MR) is 126 cm³/mol. The zero-order chi connectivity index (χ0) is 24.2. The number of carbonyl (C=O) groups excluding carboxylic acids is 3. The van der Waals surface area contributed by atoms with Crippen LogP contribution in [0.15, 0.2) is 23.0 Å². The van der Waals surface area contributed by atoms with Gasteiger partial charge in [-0.3, -0.25) is 24.0 Å². The van der Waals surface area contributed by atoms with E-state index in [4.69, 9.17) is 4.74 Å². The average Bonchev–Trinajstić information content (AvgIpc) is 3.56. The Bertz CT molecular complexity index is 1210. The second-order valence-electron chi connectivity index (χ2n) is 10.7. The van der Waals surface area contributed by atoms with Crippen LogP contribution in [0, 0.1) is 0 Å². The summed E-state index contributed by atoms with van der Waals surface area (Å²) in [5.74, 6) is -0.420. The van der Waals surface area contributed by atoms with E-state index in [9.17, 15) is 19.2 Å². The number of nitrogens with one attached hydrogen (secondary N) is 1. The quantitative estimate of drug-likeness (QED) is 0.697. The first kappa shape index (κ1) is 22.7. The molecule has 3 fully saturated rings. The van der Waals surface area contributed by atoms with Gasteiger partial charge in [-0.2, -0.15) is 0 Å². The molecule has 1 saturated carbocycles. The monoisotopic (exact) mass is 468 g/mol. The number of rotatable bonds is 3. The van der Waals surface area contributed by atoms with E-state index in [0.717, 1.165) is 42.3 Å². The number of ether oxygens (including phenoxy) is 1. The van der Waals surface area contributed by atoms with Crippen LogP contribution in [-0.2, 0) is 14.3 Å². The molecule has 3 aliphatic rings. The van der Waals surface area contributed by atoms with Crippen molar-refractivity contribution in [1.82, 2.24) is 19.4 Å². The van der Waals surface area contributed by atoms with Crippen LogP contribution in [0.4, 0.5) is 4.79 Å². The standard InChI is InChI=1S/C25H32N4O5/c1-25(2,3)34-24(33)27-12-10-15(11-13-27)16-4-7-18-20(14-16)28(17-5-6-17)23(32)29(18)19-8-9-21(30)26-22(19)31/h4,7,14-15,17,19H,5-6,8-13H2,1-3H3,(H,26,30,31). The highest BCUT2D eigenvalue weighted by atomic mass is 16.6. The number of benzene rings is 1. The summed E-state index contributed by atoms with van der Waals surface area (Å²) >= 11 is 0. The number of fused-ring (bicyclic) bond motifs is 1. The maximum absolute atomic E-state index is 13.4. The van der Waals surface area contributed by atoms with E-state index in [1.165, 1.54) is 0 Å². The van der Waals surface area contributed by atoms with Crippen LogP contribution in [0.5, 0.6) is 0 Å². The van der Waals surface area contributed by atoms with Crippen molar-refractivity contribution in [2.75, 3.05) is 13.1 Å². The molecule has 1 unspecified atom stereocenters. The van der Waals surface area contributed by atoms with E-state index in [0.29, 0.717) is 19.5 Å². The number of nitrogens with zero attached hydrogens (tertiary/aromatic N) is 3. The summed E-state index contributed by atoms with van der Waals surface area (Å²) in [7, 11) is 0. The molecule has 2 saturated heterocycles. The van der Waals surface area contributed by atoms with E-state index in [1.807, 2.05) is 37.5 Å². The molecule has 3 amide bonds. The third-order valence-corrected chi connectivity index (χ3v) is 6.98. The average molecular weight is 469 g/mol. The molecule has 2 aromatic rings. The number of hydrogen-bond acceptors (Lipinski definition) is 5. The second-order valence-corrected chi connectivity index (χ2v) is 10.7. The van der Waals surface area contributed by atoms with Gasteiger partial charge < -0.3 is 9.64 Å². The molecule has 1 aromatic heterocycles. The fourth-order valence-electron chi connectivity index (χ4n) is 5.15. The number of imide groups is 1. The fourth-order valence-corrected chi connectivity index (χ4v) is 5.15. The molecule has 0 radical (unpaired) electrons. The molecular weight excluding hydrogens is 436 g/mol. The molecule has 9 heteroatoms. The van der Waals surface area contributed by atoms with Gasteiger partial charge in [0, 0.05) is 25.6 Å². The summed E-state index contributed by atoms with van der Waals surface area (Å²) in [5.41, 5.74) is 2.04. The molecule has 0 bridgehead atoms. The first-order chi connectivity index (χ1) is 16.1. The van der Waals surface area contributed by atoms with Crippen LogP contribution in [0.1, 0.15) is 82.9 Å². The van der Waals surface area contributed by atoms with Crippen LogP contribution >= 0.6 is 0 Å². The van der Waals surface area contributed by atoms with Gasteiger partial charge in [0.1, 0.15) is 11.6 Å². The number of amides is 3. The summed E-state index contributed by atoms with van der Waals surface area (Å²) in [5, 5.41) is 2.37. The summed E-state index contributed by atoms with van der Waals surface area (Å²) in [4.78, 5) is 51.7. The molecule has 1 aromatic carbocycles. The first-order valence-electron chi connectivity index (χ1n) is 12.2. The summed E-state index contributed by atoms with van der Waals surface area (Å²) in [6, 6.07) is 5.56. The van der Waals surface area contributed by atoms with Crippen LogP contribution < -0.4 is 11.0 Å². The number of piperidine rings is 2. The van der Waals surface area contributed by atoms with Gasteiger partial charge in [0.25, 0.3) is 0 Å². The maximum atomic E-state index is 13.4. The van der Waals surface area contributed by atoms with Gasteiger partial charge >= 0.3 is 11.8 Å². The van der Waals surface area contributed by atoms with Gasteiger partial charge in [-0.15, -0.1) is 0 Å². The first-order valence-corrected chi connectivity index (χ1v) is 12.2. The molecule has 1 N–H and O–H groups in total. The zero-order valence-corrected chi connectivity index (χ0v) is 20.0. The largest absolute Gasteiger partial charge is 0.444 e. The van der Waals surface area contributed by atoms with Gasteiger partial charge in [0.05, 0.1) is 11.0 Å². The van der Waals surface area contributed by atoms with Crippen molar-refractivity contribution in [2.24, 2.45) is 0 Å². The molecular formula is C25H32N4O5. The summed E-state index contributed by atoms with van der Waals surface area (Å²) < 4.78 is 8.91. The number of aromatic nitrogens is 2. The van der Waals surface area contributed by atoms with E-state index in [2.05, 4.69) is 11.4 Å². The predicted octanol–water partition coefficient (Wildman–Crippen LogP) is 3.23. The fraction of sp³-hybridized carbons (Fsp3) is 0.600. The minimum atomic E-state index is -0.671. The lowest BCUT2D eigenvalue weighted by atomic mass is 9.89. The lowest BCUT2D eigenvalue weighted by Crippen LogP contribution is -2.44. The van der Waals surface area contributed by atoms with Crippen molar-refractivity contribution in [3.05, 3.63) is 34.2 Å². The highest BCUT2D eigenvalue weighted by Gasteiger charge is 2.35. The Labute approximate surface area is 198 Å². The van der Waals surface area contributed by atoms with E-state index in [1.54, 1.807) is 9.47 Å². The minimum absolute atomic E-state index is 0.161. The Morgan fingerprint density at radius 2 is 1.68 bits per heavy atom. The Hall–Kier alpha value is -3.10. The molecule has 3 heterocycles. The number of likely N-dealkylation sites (tertiary alicyclic amines) is 1. The second kappa shape index (κ2) is 8.29. The third-order valence-electron chi connectivity index (χ3n) is 6.98. The molecule has 2 aliphatic heterocycles. The van der Waals surface area contributed by atoms with E-state index < -0.39 is 17.6 Å². The Balaban J connectivity index is 1.42. The highest BCUT2D eigenvalue weighted by molar-refractivity contribution is 6.00. The molecule has 1 aliphatic carbocycles. The molecule has 9 nitrogen and oxygen atoms in total. The van der Waals surface area contributed by atoms with Crippen LogP contribution in [-0.4, -0.2) is 50.6 Å². The minimum Gasteiger partial charge on any atom is -0.444 e. The van der Waals surface area contributed by atoms with Gasteiger partial charge in [0.2, 0.25) is 11.8 Å². The Morgan fingerprint density at radius 1 is 0.971 bits per heavy atom. The van der Waals surface area contributed by atoms with Crippen molar-refractivity contribution >= 4 is 28.9 Å². The topological polar surface area (TPSA) is 103 Å². The SMILES string of the molecule is CC(C)(C)OC(=O)N1CCC(c2ccc3c(c2)n(C2CC2)c(=O)n3C2CCC(=O)NC2=O)CC1. The number of carbonyl (C=O) groups is 3. The number of imidazole rings is 1. The van der Waals surface area contributed by atoms with Crippen LogP contribution in [0.25, 0.3) is 11.0 Å². The van der Waals surface area contributed by atoms with Crippen molar-refractivity contribution in [2.45, 2.75) is 82.9 Å². The molecule has 0 spiro atoms. The van der Waals surface area contributed by atoms with Crippen LogP contribution in [0.2, 0.25) is 0 Å². The van der Waals surface area contributed by atoms with Gasteiger partial charge in [-0.25, -0.2) is 9.59 Å². The lowest BCUT2D eigenvalue weighted by Gasteiger charge is -2.33. The Morgan fingerprint density at radius 3 is 2.29 bits per heavy atom. The van der Waals surface area contributed by atoms with Crippen molar-refractivity contribution in [3.63, 3.8) is 0 Å². The van der Waals surface area contributed by atoms with Gasteiger partial charge in [-0.05, 0) is 76.5 Å². The summed E-state index contributed by atoms with van der Waals surface area (Å²) in [6.45, 7) is 6.86. The van der Waals surface area contributed by atoms with Crippen molar-refractivity contribution in [1.29, 1.82) is 0 Å². The molecule has 5 rings (SSSR count). The molecule has 34 heavy (non-hydrogen) atoms. The smallest absolute Gasteiger partial charge is 0.410 e. The van der Waals surface area contributed by atoms with E-state index in [-0.39, 0.29) is 36.1 Å². The zero-order valence-electron chi connectivity index (χ0n) is 20.0. The van der Waals surface area contributed by atoms with Gasteiger partial charge in [0.15, 0.2) is 0 Å². The Kier molecular flexibility index (Phi) is 5.53. The third kappa shape index (κ3) is 4.23. The lowest BCUT2D eigenvalue weighted by molar-refractivity contribution is -0.135. The highest BCUT2D eigenvalue weighted by Crippen LogP contribution is 2.38. The van der Waals surface area contributed by atoms with Crippen molar-refractivity contribution in [3.8, 4) is 0 Å². The summed E-state index contributed by atoms with van der Waals surface area (Å²) in [6.07, 6.45) is 3.84. The van der Waals surface area contributed by atoms with Gasteiger partial charge in [-0.1, -0.05) is 6.07 Å². The van der Waals surface area contributed by atoms with Crippen molar-refractivity contribution < 1.29 is 19.1 Å². The molecule has 182 valence electrons. The van der Waals surface area contributed by atoms with Crippen LogP contribution in [0.3, 0.4) is 0 Å². The normalized spacial score (nSPS) is 22.2. The number of hydrogen-bond donors (Lipinski definition) is 1. The van der Waals surface area contributed by atoms with E-state index >= 15 is 0 Å².